The second-order valence-corrected chi connectivity index (χ2v) is 9.62. The predicted molar refractivity (Wildman–Crippen MR) is 118 cm³/mol. The highest BCUT2D eigenvalue weighted by Crippen LogP contribution is 2.19. The normalized spacial score (nSPS) is 13.1. The Hall–Kier alpha value is -2.39. The van der Waals surface area contributed by atoms with Gasteiger partial charge < -0.3 is 5.32 Å². The summed E-state index contributed by atoms with van der Waals surface area (Å²) in [7, 11) is -3.58. The number of hydrogen-bond acceptors (Lipinski definition) is 6. The van der Waals surface area contributed by atoms with Crippen molar-refractivity contribution in [2.24, 2.45) is 0 Å². The number of nitrogens with one attached hydrogen (secondary N) is 2. The highest BCUT2D eigenvalue weighted by atomic mass is 32.2. The molecule has 6 nitrogen and oxygen atoms in total. The van der Waals surface area contributed by atoms with E-state index in [1.54, 1.807) is 41.9 Å². The van der Waals surface area contributed by atoms with E-state index in [0.717, 1.165) is 29.3 Å². The van der Waals surface area contributed by atoms with Crippen LogP contribution in [0.4, 0.5) is 0 Å². The second kappa shape index (κ2) is 8.54. The fourth-order valence-corrected chi connectivity index (χ4v) is 5.15. The molecule has 0 aliphatic rings. The lowest BCUT2D eigenvalue weighted by atomic mass is 10.1. The number of sulfonamides is 1. The minimum Gasteiger partial charge on any atom is -0.315 e. The number of nitrogens with zero attached hydrogens (tertiary/aromatic N) is 2. The molecular formula is C21H22N4O2S2. The lowest BCUT2D eigenvalue weighted by molar-refractivity contribution is 0.537. The van der Waals surface area contributed by atoms with Crippen molar-refractivity contribution in [2.45, 2.75) is 24.3 Å². The van der Waals surface area contributed by atoms with Gasteiger partial charge in [-0.25, -0.2) is 18.1 Å². The number of fused-ring (bicyclic) bond motifs is 2. The minimum absolute atomic E-state index is 0.228. The van der Waals surface area contributed by atoms with Crippen LogP contribution < -0.4 is 10.0 Å². The lowest BCUT2D eigenvalue weighted by Gasteiger charge is -2.15. The maximum absolute atomic E-state index is 12.7. The monoisotopic (exact) mass is 426 g/mol. The predicted octanol–water partition coefficient (Wildman–Crippen LogP) is 3.34. The van der Waals surface area contributed by atoms with Crippen molar-refractivity contribution in [2.75, 3.05) is 13.1 Å². The van der Waals surface area contributed by atoms with E-state index in [1.807, 2.05) is 18.5 Å². The van der Waals surface area contributed by atoms with E-state index in [9.17, 15) is 8.42 Å². The van der Waals surface area contributed by atoms with E-state index in [1.165, 1.54) is 10.3 Å². The van der Waals surface area contributed by atoms with Crippen molar-refractivity contribution < 1.29 is 8.42 Å². The summed E-state index contributed by atoms with van der Waals surface area (Å²) in [5, 5.41) is 5.09. The topological polar surface area (TPSA) is 84.0 Å². The molecular weight excluding hydrogens is 404 g/mol. The standard InChI is InChI=1S/C21H22N4O2S2/c1-15(12-22-8-6-16-2-5-21-20(10-16)24-14-28-21)25-29(26,27)19-4-3-18-13-23-9-7-17(18)11-19/h2-5,7,9-11,13-15,22,25H,6,8,12H2,1H3/t15-/m1/s1. The zero-order chi connectivity index (χ0) is 20.3. The fourth-order valence-electron chi connectivity index (χ4n) is 3.21. The third kappa shape index (κ3) is 4.79. The number of hydrogen-bond donors (Lipinski definition) is 2. The smallest absolute Gasteiger partial charge is 0.240 e. The minimum atomic E-state index is -3.58. The first-order chi connectivity index (χ1) is 14.0. The number of thiazole rings is 1. The number of aromatic nitrogens is 2. The van der Waals surface area contributed by atoms with Gasteiger partial charge in [-0.1, -0.05) is 12.1 Å². The zero-order valence-electron chi connectivity index (χ0n) is 16.0. The Morgan fingerprint density at radius 3 is 2.90 bits per heavy atom. The molecule has 0 aliphatic carbocycles. The number of pyridine rings is 1. The maximum Gasteiger partial charge on any atom is 0.240 e. The summed E-state index contributed by atoms with van der Waals surface area (Å²) in [6, 6.07) is 13.0. The van der Waals surface area contributed by atoms with E-state index in [-0.39, 0.29) is 10.9 Å². The van der Waals surface area contributed by atoms with Crippen LogP contribution in [0, 0.1) is 0 Å². The first kappa shape index (κ1) is 19.9. The van der Waals surface area contributed by atoms with Crippen LogP contribution in [-0.2, 0) is 16.4 Å². The Labute approximate surface area is 174 Å². The summed E-state index contributed by atoms with van der Waals surface area (Å²) in [4.78, 5) is 8.66. The molecule has 1 atom stereocenters. The highest BCUT2D eigenvalue weighted by molar-refractivity contribution is 7.89. The van der Waals surface area contributed by atoms with Gasteiger partial charge in [-0.05, 0) is 61.2 Å². The van der Waals surface area contributed by atoms with E-state index in [4.69, 9.17) is 0 Å². The second-order valence-electron chi connectivity index (χ2n) is 7.02. The molecule has 2 aromatic heterocycles. The summed E-state index contributed by atoms with van der Waals surface area (Å²) in [5.41, 5.74) is 4.10. The van der Waals surface area contributed by atoms with Gasteiger partial charge in [-0.2, -0.15) is 0 Å². The molecule has 8 heteroatoms. The average Bonchev–Trinajstić information content (AvgIpc) is 3.18. The number of rotatable bonds is 8. The van der Waals surface area contributed by atoms with Crippen molar-refractivity contribution in [1.29, 1.82) is 0 Å². The van der Waals surface area contributed by atoms with Crippen molar-refractivity contribution in [3.05, 3.63) is 65.9 Å². The van der Waals surface area contributed by atoms with Crippen LogP contribution in [0.1, 0.15) is 12.5 Å². The van der Waals surface area contributed by atoms with Gasteiger partial charge in [0.05, 0.1) is 20.6 Å². The Balaban J connectivity index is 1.30. The van der Waals surface area contributed by atoms with Crippen LogP contribution in [0.5, 0.6) is 0 Å². The molecule has 150 valence electrons. The lowest BCUT2D eigenvalue weighted by Crippen LogP contribution is -2.40. The molecule has 0 amide bonds. The summed E-state index contributed by atoms with van der Waals surface area (Å²) >= 11 is 1.64. The van der Waals surface area contributed by atoms with Gasteiger partial charge in [-0.3, -0.25) is 4.98 Å². The van der Waals surface area contributed by atoms with E-state index in [2.05, 4.69) is 38.2 Å². The Kier molecular flexibility index (Phi) is 5.86. The van der Waals surface area contributed by atoms with Gasteiger partial charge in [-0.15, -0.1) is 11.3 Å². The summed E-state index contributed by atoms with van der Waals surface area (Å²) in [5.74, 6) is 0. The van der Waals surface area contributed by atoms with Gasteiger partial charge in [0, 0.05) is 30.4 Å². The van der Waals surface area contributed by atoms with Crippen molar-refractivity contribution in [3.63, 3.8) is 0 Å². The summed E-state index contributed by atoms with van der Waals surface area (Å²) in [6.07, 6.45) is 4.24. The summed E-state index contributed by atoms with van der Waals surface area (Å²) in [6.45, 7) is 3.18. The van der Waals surface area contributed by atoms with Crippen LogP contribution in [0.2, 0.25) is 0 Å². The molecule has 29 heavy (non-hydrogen) atoms. The van der Waals surface area contributed by atoms with Gasteiger partial charge >= 0.3 is 0 Å². The van der Waals surface area contributed by atoms with Gasteiger partial charge in [0.2, 0.25) is 10.0 Å². The molecule has 0 radical (unpaired) electrons. The Morgan fingerprint density at radius 2 is 2.00 bits per heavy atom. The Morgan fingerprint density at radius 1 is 1.10 bits per heavy atom. The van der Waals surface area contributed by atoms with E-state index < -0.39 is 10.0 Å². The van der Waals surface area contributed by atoms with Crippen molar-refractivity contribution in [3.8, 4) is 0 Å². The molecule has 0 bridgehead atoms. The van der Waals surface area contributed by atoms with E-state index in [0.29, 0.717) is 6.54 Å². The van der Waals surface area contributed by atoms with Gasteiger partial charge in [0.15, 0.2) is 0 Å². The Bertz CT molecular complexity index is 1240. The van der Waals surface area contributed by atoms with Gasteiger partial charge in [0.25, 0.3) is 0 Å². The maximum atomic E-state index is 12.7. The molecule has 0 spiro atoms. The molecule has 0 unspecified atom stereocenters. The van der Waals surface area contributed by atoms with Crippen molar-refractivity contribution >= 4 is 42.3 Å². The van der Waals surface area contributed by atoms with Crippen LogP contribution in [0.15, 0.2) is 65.3 Å². The molecule has 0 saturated carbocycles. The van der Waals surface area contributed by atoms with Crippen molar-refractivity contribution in [1.82, 2.24) is 20.0 Å². The molecule has 0 fully saturated rings. The van der Waals surface area contributed by atoms with Crippen LogP contribution >= 0.6 is 11.3 Å². The largest absolute Gasteiger partial charge is 0.315 e. The molecule has 2 heterocycles. The van der Waals surface area contributed by atoms with Gasteiger partial charge in [0.1, 0.15) is 0 Å². The molecule has 2 aromatic carbocycles. The molecule has 0 aliphatic heterocycles. The summed E-state index contributed by atoms with van der Waals surface area (Å²) < 4.78 is 29.3. The van der Waals surface area contributed by atoms with Crippen LogP contribution in [-0.4, -0.2) is 37.5 Å². The fraction of sp³-hybridized carbons (Fsp3) is 0.238. The SMILES string of the molecule is C[C@H](CNCCc1ccc2scnc2c1)NS(=O)(=O)c1ccc2cnccc2c1. The zero-order valence-corrected chi connectivity index (χ0v) is 17.6. The van der Waals surface area contributed by atoms with Crippen LogP contribution in [0.25, 0.3) is 21.0 Å². The molecule has 0 saturated heterocycles. The molecule has 2 N–H and O–H groups in total. The third-order valence-corrected chi connectivity index (χ3v) is 7.11. The first-order valence-electron chi connectivity index (χ1n) is 9.40. The quantitative estimate of drug-likeness (QED) is 0.422. The molecule has 4 aromatic rings. The van der Waals surface area contributed by atoms with Crippen LogP contribution in [0.3, 0.4) is 0 Å². The number of benzene rings is 2. The highest BCUT2D eigenvalue weighted by Gasteiger charge is 2.17. The molecule has 4 rings (SSSR count). The average molecular weight is 427 g/mol. The third-order valence-electron chi connectivity index (χ3n) is 4.71. The van der Waals surface area contributed by atoms with E-state index >= 15 is 0 Å². The first-order valence-corrected chi connectivity index (χ1v) is 11.8.